The normalized spacial score (nSPS) is 19.8. The molecule has 2 saturated heterocycles. The number of carbonyl (C=O) groups is 2. The number of ether oxygens (including phenoxy) is 2. The van der Waals surface area contributed by atoms with Crippen LogP contribution in [0.4, 0.5) is 18.9 Å². The van der Waals surface area contributed by atoms with E-state index in [2.05, 4.69) is 41.9 Å². The molecule has 0 spiro atoms. The Balaban J connectivity index is 0.000000537. The lowest BCUT2D eigenvalue weighted by atomic mass is 9.87. The number of nitrogens with zero attached hydrogens (tertiary/aromatic N) is 4. The van der Waals surface area contributed by atoms with E-state index in [-0.39, 0.29) is 36.6 Å². The van der Waals surface area contributed by atoms with Crippen molar-refractivity contribution in [1.82, 2.24) is 14.2 Å². The zero-order valence-electron chi connectivity index (χ0n) is 25.1. The van der Waals surface area contributed by atoms with Gasteiger partial charge in [0.15, 0.2) is 11.5 Å². The fourth-order valence-corrected chi connectivity index (χ4v) is 7.26. The van der Waals surface area contributed by atoms with Gasteiger partial charge in [0, 0.05) is 63.3 Å². The van der Waals surface area contributed by atoms with Gasteiger partial charge in [-0.05, 0) is 60.9 Å². The predicted molar refractivity (Wildman–Crippen MR) is 160 cm³/mol. The molecule has 1 amide bonds. The summed E-state index contributed by atoms with van der Waals surface area (Å²) in [7, 11) is -3.81. The van der Waals surface area contributed by atoms with Gasteiger partial charge in [-0.3, -0.25) is 9.78 Å². The summed E-state index contributed by atoms with van der Waals surface area (Å²) in [6.07, 6.45) is -2.19. The molecule has 1 N–H and O–H groups in total. The van der Waals surface area contributed by atoms with Gasteiger partial charge in [0.25, 0.3) is 0 Å². The Hall–Kier alpha value is -4.37. The lowest BCUT2D eigenvalue weighted by molar-refractivity contribution is -0.192. The first-order valence-corrected chi connectivity index (χ1v) is 15.9. The quantitative estimate of drug-likeness (QED) is 0.434. The maximum Gasteiger partial charge on any atom is 0.490 e. The Kier molecular flexibility index (Phi) is 9.44. The van der Waals surface area contributed by atoms with E-state index in [1.165, 1.54) is 27.3 Å². The molecule has 2 aromatic carbocycles. The number of carboxylic acid groups (broad SMARTS) is 1. The third-order valence-corrected chi connectivity index (χ3v) is 10.1. The molecule has 11 nitrogen and oxygen atoms in total. The Morgan fingerprint density at radius 2 is 1.65 bits per heavy atom. The average molecular weight is 663 g/mol. The van der Waals surface area contributed by atoms with Crippen molar-refractivity contribution in [3.05, 3.63) is 77.6 Å². The molecular weight excluding hydrogens is 629 g/mol. The Morgan fingerprint density at radius 1 is 0.957 bits per heavy atom. The number of pyridine rings is 1. The third kappa shape index (κ3) is 7.04. The number of halogens is 3. The molecule has 0 unspecified atom stereocenters. The van der Waals surface area contributed by atoms with Crippen molar-refractivity contribution in [3.8, 4) is 11.5 Å². The van der Waals surface area contributed by atoms with Gasteiger partial charge in [-0.2, -0.15) is 17.5 Å². The zero-order chi connectivity index (χ0) is 33.2. The zero-order valence-corrected chi connectivity index (χ0v) is 25.9. The minimum Gasteiger partial charge on any atom is -0.475 e. The standard InChI is InChI=1S/C29H32N4O5S.C2HF3O2/c1-20-5-6-21(2)26(14-20)31-10-12-32(13-11-31)29(34)25-18-33(39(35,36)23-4-3-9-30-16-23)17-24(25)22-7-8-27-28(15-22)38-19-37-27;3-2(4,5)1(6)7/h3-9,14-16,24-25H,10-13,17-19H2,1-2H3;(H,6,7)/t24-,25+;/m0./s1. The maximum absolute atomic E-state index is 14.0. The third-order valence-electron chi connectivity index (χ3n) is 8.24. The van der Waals surface area contributed by atoms with Gasteiger partial charge in [0.1, 0.15) is 4.90 Å². The highest BCUT2D eigenvalue weighted by molar-refractivity contribution is 7.89. The van der Waals surface area contributed by atoms with E-state index in [0.29, 0.717) is 24.6 Å². The van der Waals surface area contributed by atoms with E-state index in [1.807, 2.05) is 23.1 Å². The Labute approximate surface area is 264 Å². The van der Waals surface area contributed by atoms with E-state index in [0.717, 1.165) is 18.7 Å². The smallest absolute Gasteiger partial charge is 0.475 e. The highest BCUT2D eigenvalue weighted by atomic mass is 32.2. The first kappa shape index (κ1) is 33.0. The van der Waals surface area contributed by atoms with Crippen LogP contribution < -0.4 is 14.4 Å². The number of rotatable bonds is 5. The summed E-state index contributed by atoms with van der Waals surface area (Å²) in [4.78, 5) is 31.3. The molecule has 0 saturated carbocycles. The van der Waals surface area contributed by atoms with Gasteiger partial charge in [0.05, 0.1) is 5.92 Å². The minimum atomic E-state index is -5.08. The number of fused-ring (bicyclic) bond motifs is 1. The van der Waals surface area contributed by atoms with E-state index >= 15 is 0 Å². The summed E-state index contributed by atoms with van der Waals surface area (Å²) in [5, 5.41) is 7.12. The molecule has 1 aromatic heterocycles. The van der Waals surface area contributed by atoms with Crippen molar-refractivity contribution in [2.75, 3.05) is 51.0 Å². The average Bonchev–Trinajstić information content (AvgIpc) is 3.70. The Morgan fingerprint density at radius 3 is 2.30 bits per heavy atom. The van der Waals surface area contributed by atoms with E-state index in [1.54, 1.807) is 18.3 Å². The second-order valence-electron chi connectivity index (χ2n) is 11.2. The van der Waals surface area contributed by atoms with Crippen LogP contribution in [0.1, 0.15) is 22.6 Å². The minimum absolute atomic E-state index is 0.0119. The fraction of sp³-hybridized carbons (Fsp3) is 0.387. The lowest BCUT2D eigenvalue weighted by Crippen LogP contribution is -2.51. The molecule has 0 aliphatic carbocycles. The maximum atomic E-state index is 14.0. The van der Waals surface area contributed by atoms with Crippen LogP contribution in [0.15, 0.2) is 65.8 Å². The molecule has 6 rings (SSSR count). The van der Waals surface area contributed by atoms with Gasteiger partial charge < -0.3 is 24.4 Å². The number of carboxylic acids is 1. The number of aryl methyl sites for hydroxylation is 2. The monoisotopic (exact) mass is 662 g/mol. The highest BCUT2D eigenvalue weighted by Crippen LogP contribution is 2.41. The molecule has 246 valence electrons. The van der Waals surface area contributed by atoms with E-state index < -0.39 is 28.1 Å². The topological polar surface area (TPSA) is 130 Å². The number of hydrogen-bond acceptors (Lipinski definition) is 8. The van der Waals surface area contributed by atoms with Crippen LogP contribution in [0.2, 0.25) is 0 Å². The molecule has 0 bridgehead atoms. The van der Waals surface area contributed by atoms with E-state index in [9.17, 15) is 26.4 Å². The predicted octanol–water partition coefficient (Wildman–Crippen LogP) is 3.81. The first-order chi connectivity index (χ1) is 21.8. The number of alkyl halides is 3. The van der Waals surface area contributed by atoms with Gasteiger partial charge >= 0.3 is 12.1 Å². The summed E-state index contributed by atoms with van der Waals surface area (Å²) in [6, 6.07) is 15.2. The second-order valence-corrected chi connectivity index (χ2v) is 13.2. The van der Waals surface area contributed by atoms with Crippen LogP contribution in [0, 0.1) is 19.8 Å². The second kappa shape index (κ2) is 13.2. The van der Waals surface area contributed by atoms with Crippen LogP contribution in [0.3, 0.4) is 0 Å². The molecule has 3 aromatic rings. The molecule has 3 aliphatic rings. The van der Waals surface area contributed by atoms with Crippen molar-refractivity contribution in [1.29, 1.82) is 0 Å². The van der Waals surface area contributed by atoms with Crippen molar-refractivity contribution in [2.45, 2.75) is 30.8 Å². The number of anilines is 1. The molecule has 3 aliphatic heterocycles. The number of piperazine rings is 1. The molecule has 15 heteroatoms. The first-order valence-electron chi connectivity index (χ1n) is 14.5. The number of amides is 1. The Bertz CT molecular complexity index is 1700. The summed E-state index contributed by atoms with van der Waals surface area (Å²) in [6.45, 7) is 7.31. The van der Waals surface area contributed by atoms with Crippen molar-refractivity contribution >= 4 is 27.6 Å². The van der Waals surface area contributed by atoms with Crippen LogP contribution in [0.5, 0.6) is 11.5 Å². The summed E-state index contributed by atoms with van der Waals surface area (Å²) in [5.41, 5.74) is 4.50. The van der Waals surface area contributed by atoms with Crippen LogP contribution >= 0.6 is 0 Å². The molecule has 2 atom stereocenters. The summed E-state index contributed by atoms with van der Waals surface area (Å²) < 4.78 is 71.2. The number of hydrogen-bond donors (Lipinski definition) is 1. The van der Waals surface area contributed by atoms with E-state index in [4.69, 9.17) is 19.4 Å². The van der Waals surface area contributed by atoms with Gasteiger partial charge in [-0.1, -0.05) is 18.2 Å². The highest BCUT2D eigenvalue weighted by Gasteiger charge is 2.45. The molecule has 4 heterocycles. The number of aromatic nitrogens is 1. The summed E-state index contributed by atoms with van der Waals surface area (Å²) >= 11 is 0. The van der Waals surface area contributed by atoms with Crippen LogP contribution in [0.25, 0.3) is 0 Å². The molecular formula is C31H33F3N4O7S. The number of carbonyl (C=O) groups excluding carboxylic acids is 1. The number of aliphatic carboxylic acids is 1. The van der Waals surface area contributed by atoms with Crippen molar-refractivity contribution in [2.24, 2.45) is 5.92 Å². The largest absolute Gasteiger partial charge is 0.490 e. The van der Waals surface area contributed by atoms with Crippen LogP contribution in [-0.4, -0.2) is 91.8 Å². The fourth-order valence-electron chi connectivity index (χ4n) is 5.81. The lowest BCUT2D eigenvalue weighted by Gasteiger charge is -2.38. The number of sulfonamides is 1. The molecule has 0 radical (unpaired) electrons. The number of benzene rings is 2. The van der Waals surface area contributed by atoms with Gasteiger partial charge in [-0.25, -0.2) is 13.2 Å². The van der Waals surface area contributed by atoms with Gasteiger partial charge in [0.2, 0.25) is 22.7 Å². The SMILES string of the molecule is Cc1ccc(C)c(N2CCN(C(=O)[C@@H]3CN(S(=O)(=O)c4cccnc4)C[C@H]3c3ccc4c(c3)OCO4)CC2)c1.O=C(O)C(F)(F)F. The molecule has 2 fully saturated rings. The van der Waals surface area contributed by atoms with Crippen LogP contribution in [-0.2, 0) is 19.6 Å². The van der Waals surface area contributed by atoms with Gasteiger partial charge in [-0.15, -0.1) is 0 Å². The summed E-state index contributed by atoms with van der Waals surface area (Å²) in [5.74, 6) is -2.31. The molecule has 46 heavy (non-hydrogen) atoms. The van der Waals surface area contributed by atoms with Crippen molar-refractivity contribution in [3.63, 3.8) is 0 Å². The van der Waals surface area contributed by atoms with Crippen molar-refractivity contribution < 1.29 is 45.8 Å².